The molecule has 12 heteroatoms. The van der Waals surface area contributed by atoms with E-state index in [-0.39, 0.29) is 22.0 Å². The van der Waals surface area contributed by atoms with E-state index in [9.17, 15) is 29.4 Å². The quantitative estimate of drug-likeness (QED) is 0.173. The van der Waals surface area contributed by atoms with E-state index in [2.05, 4.69) is 13.2 Å². The molecular weight excluding hydrogens is 612 g/mol. The molecule has 8 fully saturated rings. The zero-order valence-electron chi connectivity index (χ0n) is 27.9. The minimum absolute atomic E-state index is 0.176. The third-order valence-electron chi connectivity index (χ3n) is 11.1. The average Bonchev–Trinajstić information content (AvgIpc) is 2.98. The van der Waals surface area contributed by atoms with Crippen LogP contribution in [-0.2, 0) is 19.2 Å². The van der Waals surface area contributed by atoms with Crippen LogP contribution in [0, 0.1) is 51.8 Å². The van der Waals surface area contributed by atoms with Crippen molar-refractivity contribution >= 4 is 23.9 Å². The number of carboxylic acid groups (broad SMARTS) is 4. The van der Waals surface area contributed by atoms with Gasteiger partial charge in [0, 0.05) is 11.1 Å². The van der Waals surface area contributed by atoms with E-state index in [1.807, 2.05) is 0 Å². The van der Waals surface area contributed by atoms with Gasteiger partial charge < -0.3 is 40.9 Å². The highest BCUT2D eigenvalue weighted by Crippen LogP contribution is 2.61. The second kappa shape index (κ2) is 17.0. The van der Waals surface area contributed by atoms with E-state index >= 15 is 0 Å². The summed E-state index contributed by atoms with van der Waals surface area (Å²) < 4.78 is 0. The van der Waals surface area contributed by atoms with Gasteiger partial charge in [-0.1, -0.05) is 13.2 Å². The Bertz CT molecular complexity index is 947. The summed E-state index contributed by atoms with van der Waals surface area (Å²) in [4.78, 5) is 41.7. The van der Waals surface area contributed by atoms with Crippen molar-refractivity contribution in [2.24, 2.45) is 51.8 Å². The van der Waals surface area contributed by atoms with Crippen LogP contribution >= 0.6 is 0 Å². The number of hydrogen-bond acceptors (Lipinski definition) is 8. The number of carbonyl (C=O) groups is 4. The van der Waals surface area contributed by atoms with Crippen molar-refractivity contribution in [3.63, 3.8) is 0 Å². The predicted molar refractivity (Wildman–Crippen MR) is 172 cm³/mol. The van der Waals surface area contributed by atoms with Crippen LogP contribution in [0.4, 0.5) is 0 Å². The van der Waals surface area contributed by atoms with Gasteiger partial charge in [0.1, 0.15) is 0 Å². The Labute approximate surface area is 277 Å². The van der Waals surface area contributed by atoms with Crippen molar-refractivity contribution < 1.29 is 60.0 Å². The molecule has 8 bridgehead atoms. The Balaban J connectivity index is 0.000000214. The largest absolute Gasteiger partial charge is 0.481 e. The summed E-state index contributed by atoms with van der Waals surface area (Å²) >= 11 is 0. The van der Waals surface area contributed by atoms with Gasteiger partial charge in [0.15, 0.2) is 0 Å². The Morgan fingerprint density at radius 1 is 0.511 bits per heavy atom. The van der Waals surface area contributed by atoms with E-state index in [0.29, 0.717) is 0 Å². The molecule has 12 nitrogen and oxygen atoms in total. The highest BCUT2D eigenvalue weighted by atomic mass is 16.4. The molecule has 0 atom stereocenters. The third kappa shape index (κ3) is 10.6. The molecule has 0 amide bonds. The Morgan fingerprint density at radius 3 is 0.766 bits per heavy atom. The first-order valence-corrected chi connectivity index (χ1v) is 16.6. The fraction of sp³-hybridized carbons (Fsp3) is 0.771. The van der Waals surface area contributed by atoms with Crippen molar-refractivity contribution in [2.45, 2.75) is 90.9 Å². The van der Waals surface area contributed by atoms with Crippen LogP contribution < -0.4 is 0 Å². The van der Waals surface area contributed by atoms with Crippen LogP contribution in [0.5, 0.6) is 0 Å². The molecule has 0 aromatic heterocycles. The topological polar surface area (TPSA) is 230 Å². The number of aliphatic carboxylic acids is 4. The maximum absolute atomic E-state index is 11.3. The standard InChI is InChI=1S/2C11H16O2.C5H12O4.2C4H6O2/c2*12-10(13)11-4-7-1-8(5-11)3-9(2-7)6-11;6-1-5(2-7,3-8)4-9;2*1-3(2)4(5)6/h2*7-9H,1-6H2,(H,12,13);6-9H,1-4H2;2*1H2,2H3,(H,5,6). The maximum atomic E-state index is 11.3. The number of aliphatic hydroxyl groups excluding tert-OH is 4. The minimum atomic E-state index is -1.11. The summed E-state index contributed by atoms with van der Waals surface area (Å²) in [7, 11) is 0. The molecule has 0 heterocycles. The van der Waals surface area contributed by atoms with Gasteiger partial charge in [-0.15, -0.1) is 0 Å². The molecule has 8 aliphatic rings. The lowest BCUT2D eigenvalue weighted by Crippen LogP contribution is -2.49. The highest BCUT2D eigenvalue weighted by Gasteiger charge is 2.55. The van der Waals surface area contributed by atoms with Gasteiger partial charge in [-0.05, 0) is 126 Å². The van der Waals surface area contributed by atoms with E-state index in [0.717, 1.165) is 74.0 Å². The number of aliphatic hydroxyl groups is 4. The lowest BCUT2D eigenvalue weighted by atomic mass is 9.49. The van der Waals surface area contributed by atoms with Gasteiger partial charge in [-0.25, -0.2) is 9.59 Å². The second-order valence-corrected chi connectivity index (χ2v) is 15.3. The van der Waals surface area contributed by atoms with Crippen molar-refractivity contribution in [1.29, 1.82) is 0 Å². The summed E-state index contributed by atoms with van der Waals surface area (Å²) in [5, 5.41) is 68.3. The average molecular weight is 669 g/mol. The highest BCUT2D eigenvalue weighted by molar-refractivity contribution is 5.85. The van der Waals surface area contributed by atoms with E-state index in [1.165, 1.54) is 52.4 Å². The molecule has 0 spiro atoms. The SMILES string of the molecule is C=C(C)C(=O)O.C=C(C)C(=O)O.O=C(O)C12CC3CC(CC(C3)C1)C2.O=C(O)C12CC3CC(CC(C3)C1)C2.OCC(CO)(CO)CO. The molecule has 0 aliphatic heterocycles. The van der Waals surface area contributed by atoms with Crippen LogP contribution in [0.2, 0.25) is 0 Å². The molecule has 8 aliphatic carbocycles. The second-order valence-electron chi connectivity index (χ2n) is 15.3. The summed E-state index contributed by atoms with van der Waals surface area (Å²) in [5.74, 6) is 1.63. The third-order valence-corrected chi connectivity index (χ3v) is 11.1. The molecule has 47 heavy (non-hydrogen) atoms. The molecule has 0 saturated heterocycles. The van der Waals surface area contributed by atoms with Gasteiger partial charge in [0.2, 0.25) is 0 Å². The molecule has 0 radical (unpaired) electrons. The molecule has 0 unspecified atom stereocenters. The van der Waals surface area contributed by atoms with Crippen LogP contribution in [-0.4, -0.2) is 91.2 Å². The molecular formula is C35H56O12. The summed E-state index contributed by atoms with van der Waals surface area (Å²) in [6, 6.07) is 0. The summed E-state index contributed by atoms with van der Waals surface area (Å²) in [5.41, 5.74) is -1.33. The molecule has 268 valence electrons. The first-order valence-electron chi connectivity index (χ1n) is 16.6. The smallest absolute Gasteiger partial charge is 0.330 e. The number of carboxylic acids is 4. The lowest BCUT2D eigenvalue weighted by molar-refractivity contribution is -0.165. The first kappa shape index (κ1) is 40.4. The Hall–Kier alpha value is -2.80. The Morgan fingerprint density at radius 2 is 0.681 bits per heavy atom. The van der Waals surface area contributed by atoms with Crippen molar-refractivity contribution in [1.82, 2.24) is 0 Å². The lowest BCUT2D eigenvalue weighted by Gasteiger charge is -2.54. The number of hydrogen-bond donors (Lipinski definition) is 8. The zero-order valence-corrected chi connectivity index (χ0v) is 27.9. The Kier molecular flexibility index (Phi) is 14.6. The van der Waals surface area contributed by atoms with Gasteiger partial charge in [0.05, 0.1) is 42.7 Å². The van der Waals surface area contributed by atoms with Gasteiger partial charge in [-0.2, -0.15) is 0 Å². The van der Waals surface area contributed by atoms with Crippen LogP contribution in [0.1, 0.15) is 90.9 Å². The van der Waals surface area contributed by atoms with Crippen molar-refractivity contribution in [2.75, 3.05) is 26.4 Å². The van der Waals surface area contributed by atoms with Crippen LogP contribution in [0.25, 0.3) is 0 Å². The normalized spacial score (nSPS) is 33.2. The monoisotopic (exact) mass is 668 g/mol. The molecule has 8 N–H and O–H groups in total. The van der Waals surface area contributed by atoms with Crippen molar-refractivity contribution in [3.8, 4) is 0 Å². The summed E-state index contributed by atoms with van der Waals surface area (Å²) in [6.45, 7) is 7.58. The van der Waals surface area contributed by atoms with Gasteiger partial charge in [0.25, 0.3) is 0 Å². The molecule has 8 saturated carbocycles. The van der Waals surface area contributed by atoms with Gasteiger partial charge in [-0.3, -0.25) is 9.59 Å². The minimum Gasteiger partial charge on any atom is -0.481 e. The maximum Gasteiger partial charge on any atom is 0.330 e. The number of rotatable bonds is 8. The first-order chi connectivity index (χ1) is 21.9. The molecule has 0 aromatic rings. The fourth-order valence-electron chi connectivity index (χ4n) is 9.05. The van der Waals surface area contributed by atoms with Crippen LogP contribution in [0.3, 0.4) is 0 Å². The van der Waals surface area contributed by atoms with E-state index in [4.69, 9.17) is 30.6 Å². The van der Waals surface area contributed by atoms with E-state index < -0.39 is 55.7 Å². The zero-order chi connectivity index (χ0) is 35.7. The fourth-order valence-corrected chi connectivity index (χ4v) is 9.05. The van der Waals surface area contributed by atoms with Crippen LogP contribution in [0.15, 0.2) is 24.3 Å². The predicted octanol–water partition coefficient (Wildman–Crippen LogP) is 3.81. The summed E-state index contributed by atoms with van der Waals surface area (Å²) in [6.07, 6.45) is 13.8. The molecule has 8 rings (SSSR count). The van der Waals surface area contributed by atoms with Gasteiger partial charge >= 0.3 is 23.9 Å². The van der Waals surface area contributed by atoms with Crippen molar-refractivity contribution in [3.05, 3.63) is 24.3 Å². The van der Waals surface area contributed by atoms with E-state index in [1.54, 1.807) is 0 Å². The molecule has 0 aromatic carbocycles.